The van der Waals surface area contributed by atoms with E-state index in [1.54, 1.807) is 17.8 Å². The van der Waals surface area contributed by atoms with Crippen molar-refractivity contribution in [2.45, 2.75) is 38.0 Å². The highest BCUT2D eigenvalue weighted by Gasteiger charge is 2.09. The molecule has 1 aromatic carbocycles. The van der Waals surface area contributed by atoms with E-state index in [0.29, 0.717) is 18.0 Å². The number of nitrogen functional groups attached to an aromatic ring is 1. The van der Waals surface area contributed by atoms with E-state index in [2.05, 4.69) is 6.92 Å². The third kappa shape index (κ3) is 4.46. The van der Waals surface area contributed by atoms with Crippen molar-refractivity contribution >= 4 is 17.4 Å². The van der Waals surface area contributed by atoms with E-state index < -0.39 is 0 Å². The minimum Gasteiger partial charge on any atom is -0.490 e. The van der Waals surface area contributed by atoms with Crippen molar-refractivity contribution in [1.82, 2.24) is 0 Å². The number of nitrogens with two attached hydrogens (primary N) is 1. The van der Waals surface area contributed by atoms with Crippen molar-refractivity contribution in [3.8, 4) is 5.75 Å². The monoisotopic (exact) mass is 257 g/mol. The molecule has 1 rings (SSSR count). The number of rotatable bonds is 7. The highest BCUT2D eigenvalue weighted by Crippen LogP contribution is 2.32. The predicted molar refractivity (Wildman–Crippen MR) is 72.2 cm³/mol. The Balaban J connectivity index is 2.74. The molecule has 0 atom stereocenters. The Bertz CT molecular complexity index is 358. The zero-order valence-corrected chi connectivity index (χ0v) is 11.3. The Kier molecular flexibility index (Phi) is 6.19. The fraction of sp³-hybridized carbons (Fsp3) is 0.538. The summed E-state index contributed by atoms with van der Waals surface area (Å²) in [5.41, 5.74) is 6.28. The van der Waals surface area contributed by atoms with Gasteiger partial charge in [-0.1, -0.05) is 20.3 Å². The van der Waals surface area contributed by atoms with Crippen LogP contribution >= 0.6 is 11.8 Å². The molecule has 0 radical (unpaired) electrons. The topological polar surface area (TPSA) is 35.2 Å². The molecule has 0 saturated carbocycles. The minimum absolute atomic E-state index is 0.306. The van der Waals surface area contributed by atoms with Crippen molar-refractivity contribution in [3.05, 3.63) is 17.9 Å². The summed E-state index contributed by atoms with van der Waals surface area (Å²) in [6, 6.07) is 3.06. The van der Waals surface area contributed by atoms with Crippen molar-refractivity contribution in [1.29, 1.82) is 0 Å². The van der Waals surface area contributed by atoms with E-state index in [4.69, 9.17) is 10.5 Å². The first-order valence-corrected chi connectivity index (χ1v) is 7.02. The van der Waals surface area contributed by atoms with Gasteiger partial charge in [-0.15, -0.1) is 11.8 Å². The van der Waals surface area contributed by atoms with E-state index >= 15 is 0 Å². The van der Waals surface area contributed by atoms with Crippen LogP contribution in [0.3, 0.4) is 0 Å². The van der Waals surface area contributed by atoms with Crippen LogP contribution in [0.2, 0.25) is 0 Å². The largest absolute Gasteiger partial charge is 0.490 e. The molecule has 0 amide bonds. The van der Waals surface area contributed by atoms with Crippen molar-refractivity contribution < 1.29 is 9.13 Å². The van der Waals surface area contributed by atoms with Crippen LogP contribution in [0.15, 0.2) is 17.0 Å². The van der Waals surface area contributed by atoms with Gasteiger partial charge in [0.05, 0.1) is 6.61 Å². The van der Waals surface area contributed by atoms with Crippen molar-refractivity contribution in [2.24, 2.45) is 0 Å². The third-order valence-electron chi connectivity index (χ3n) is 2.28. The van der Waals surface area contributed by atoms with E-state index in [0.717, 1.165) is 29.9 Å². The summed E-state index contributed by atoms with van der Waals surface area (Å²) in [5.74, 6) is 0.926. The molecule has 0 aliphatic carbocycles. The second kappa shape index (κ2) is 7.43. The number of ether oxygens (including phenoxy) is 1. The number of hydrogen-bond donors (Lipinski definition) is 1. The molecule has 0 bridgehead atoms. The van der Waals surface area contributed by atoms with Crippen LogP contribution in [0.1, 0.15) is 33.1 Å². The molecule has 0 spiro atoms. The summed E-state index contributed by atoms with van der Waals surface area (Å²) >= 11 is 1.66. The van der Waals surface area contributed by atoms with Gasteiger partial charge in [0.1, 0.15) is 0 Å². The van der Waals surface area contributed by atoms with Gasteiger partial charge in [-0.3, -0.25) is 0 Å². The smallest absolute Gasteiger partial charge is 0.167 e. The van der Waals surface area contributed by atoms with E-state index in [-0.39, 0.29) is 5.82 Å². The van der Waals surface area contributed by atoms with Crippen LogP contribution in [0.4, 0.5) is 10.1 Å². The standard InChI is InChI=1S/C13H20FNOS/c1-3-5-7-17-13-9-12(16-6-4-2)10(14)8-11(13)15/h8-9H,3-7,15H2,1-2H3. The minimum atomic E-state index is -0.379. The number of halogens is 1. The van der Waals surface area contributed by atoms with Gasteiger partial charge in [0.25, 0.3) is 0 Å². The Labute approximate surface area is 107 Å². The molecular weight excluding hydrogens is 237 g/mol. The summed E-state index contributed by atoms with van der Waals surface area (Å²) in [7, 11) is 0. The van der Waals surface area contributed by atoms with E-state index in [1.165, 1.54) is 6.07 Å². The average Bonchev–Trinajstić information content (AvgIpc) is 2.31. The van der Waals surface area contributed by atoms with Crippen LogP contribution in [-0.4, -0.2) is 12.4 Å². The maximum Gasteiger partial charge on any atom is 0.167 e. The highest BCUT2D eigenvalue weighted by atomic mass is 32.2. The number of anilines is 1. The van der Waals surface area contributed by atoms with Gasteiger partial charge < -0.3 is 10.5 Å². The summed E-state index contributed by atoms with van der Waals surface area (Å²) in [4.78, 5) is 0.908. The molecule has 2 nitrogen and oxygen atoms in total. The maximum absolute atomic E-state index is 13.5. The molecule has 0 aliphatic heterocycles. The Morgan fingerprint density at radius 2 is 2.06 bits per heavy atom. The normalized spacial score (nSPS) is 10.5. The molecule has 0 aromatic heterocycles. The molecule has 0 aliphatic rings. The summed E-state index contributed by atoms with van der Waals surface area (Å²) in [6.45, 7) is 4.66. The van der Waals surface area contributed by atoms with E-state index in [1.807, 2.05) is 6.92 Å². The highest BCUT2D eigenvalue weighted by molar-refractivity contribution is 7.99. The summed E-state index contributed by atoms with van der Waals surface area (Å²) in [5, 5.41) is 0. The zero-order chi connectivity index (χ0) is 12.7. The van der Waals surface area contributed by atoms with Gasteiger partial charge in [-0.2, -0.15) is 0 Å². The van der Waals surface area contributed by atoms with Gasteiger partial charge in [0.15, 0.2) is 11.6 Å². The second-order valence-corrected chi connectivity index (χ2v) is 5.01. The number of hydrogen-bond acceptors (Lipinski definition) is 3. The molecule has 17 heavy (non-hydrogen) atoms. The molecule has 0 saturated heterocycles. The van der Waals surface area contributed by atoms with Gasteiger partial charge in [0, 0.05) is 16.6 Å². The van der Waals surface area contributed by atoms with Crippen molar-refractivity contribution in [2.75, 3.05) is 18.1 Å². The Morgan fingerprint density at radius 3 is 2.71 bits per heavy atom. The van der Waals surface area contributed by atoms with Gasteiger partial charge >= 0.3 is 0 Å². The molecule has 2 N–H and O–H groups in total. The molecule has 0 fully saturated rings. The Morgan fingerprint density at radius 1 is 1.29 bits per heavy atom. The van der Waals surface area contributed by atoms with Gasteiger partial charge in [0.2, 0.25) is 0 Å². The fourth-order valence-electron chi connectivity index (χ4n) is 1.32. The molecule has 0 unspecified atom stereocenters. The number of benzene rings is 1. The molecule has 4 heteroatoms. The zero-order valence-electron chi connectivity index (χ0n) is 10.5. The predicted octanol–water partition coefficient (Wildman–Crippen LogP) is 4.09. The third-order valence-corrected chi connectivity index (χ3v) is 3.44. The van der Waals surface area contributed by atoms with Crippen LogP contribution < -0.4 is 10.5 Å². The maximum atomic E-state index is 13.5. The van der Waals surface area contributed by atoms with Crippen LogP contribution in [0.5, 0.6) is 5.75 Å². The first-order valence-electron chi connectivity index (χ1n) is 6.03. The number of unbranched alkanes of at least 4 members (excludes halogenated alkanes) is 1. The molecular formula is C13H20FNOS. The van der Waals surface area contributed by atoms with Crippen LogP contribution in [-0.2, 0) is 0 Å². The molecule has 96 valence electrons. The van der Waals surface area contributed by atoms with Crippen LogP contribution in [0, 0.1) is 5.82 Å². The lowest BCUT2D eigenvalue weighted by atomic mass is 10.3. The van der Waals surface area contributed by atoms with Crippen molar-refractivity contribution in [3.63, 3.8) is 0 Å². The lowest BCUT2D eigenvalue weighted by Crippen LogP contribution is -2.00. The first-order chi connectivity index (χ1) is 8.19. The summed E-state index contributed by atoms with van der Waals surface area (Å²) < 4.78 is 18.9. The molecule has 0 heterocycles. The average molecular weight is 257 g/mol. The van der Waals surface area contributed by atoms with E-state index in [9.17, 15) is 4.39 Å². The lowest BCUT2D eigenvalue weighted by molar-refractivity contribution is 0.300. The molecule has 1 aromatic rings. The number of thioether (sulfide) groups is 1. The Hall–Kier alpha value is -0.900. The summed E-state index contributed by atoms with van der Waals surface area (Å²) in [6.07, 6.45) is 3.14. The van der Waals surface area contributed by atoms with Crippen LogP contribution in [0.25, 0.3) is 0 Å². The second-order valence-electron chi connectivity index (χ2n) is 3.87. The SMILES string of the molecule is CCCCSc1cc(OCCC)c(F)cc1N. The fourth-order valence-corrected chi connectivity index (χ4v) is 2.39. The first kappa shape index (κ1) is 14.2. The lowest BCUT2D eigenvalue weighted by Gasteiger charge is -2.10. The van der Waals surface area contributed by atoms with Gasteiger partial charge in [-0.25, -0.2) is 4.39 Å². The van der Waals surface area contributed by atoms with Gasteiger partial charge in [-0.05, 0) is 24.7 Å². The quantitative estimate of drug-likeness (QED) is 0.454.